The van der Waals surface area contributed by atoms with Crippen LogP contribution in [-0.2, 0) is 0 Å². The molecule has 4 heteroatoms. The minimum atomic E-state index is -0.404. The number of furan rings is 1. The third-order valence-corrected chi connectivity index (χ3v) is 2.68. The molecule has 0 fully saturated rings. The molecule has 0 unspecified atom stereocenters. The maximum atomic E-state index is 11.2. The fourth-order valence-corrected chi connectivity index (χ4v) is 1.99. The Kier molecular flexibility index (Phi) is 1.98. The van der Waals surface area contributed by atoms with Crippen LogP contribution >= 0.6 is 0 Å². The number of methoxy groups -OCH3 is 1. The van der Waals surface area contributed by atoms with Crippen molar-refractivity contribution in [3.05, 3.63) is 40.4 Å². The van der Waals surface area contributed by atoms with Crippen molar-refractivity contribution in [1.29, 1.82) is 0 Å². The van der Waals surface area contributed by atoms with Crippen molar-refractivity contribution in [1.82, 2.24) is 0 Å². The molecular weight excluding hydrogens is 220 g/mol. The summed E-state index contributed by atoms with van der Waals surface area (Å²) >= 11 is 0. The molecular formula is C13H10O4. The van der Waals surface area contributed by atoms with E-state index in [1.165, 1.54) is 13.2 Å². The van der Waals surface area contributed by atoms with Crippen LogP contribution in [0.25, 0.3) is 21.9 Å². The lowest BCUT2D eigenvalue weighted by Crippen LogP contribution is -1.96. The fourth-order valence-electron chi connectivity index (χ4n) is 1.99. The number of benzene rings is 1. The summed E-state index contributed by atoms with van der Waals surface area (Å²) < 4.78 is 16.0. The Morgan fingerprint density at radius 1 is 1.06 bits per heavy atom. The zero-order valence-corrected chi connectivity index (χ0v) is 9.44. The molecule has 0 aliphatic rings. The first-order valence-corrected chi connectivity index (χ1v) is 5.20. The molecule has 0 saturated carbocycles. The second-order valence-corrected chi connectivity index (χ2v) is 3.86. The Balaban J connectivity index is 2.58. The van der Waals surface area contributed by atoms with Crippen molar-refractivity contribution in [3.63, 3.8) is 0 Å². The summed E-state index contributed by atoms with van der Waals surface area (Å²) in [5.74, 6) is 1.25. The van der Waals surface area contributed by atoms with Gasteiger partial charge in [-0.3, -0.25) is 0 Å². The summed E-state index contributed by atoms with van der Waals surface area (Å²) in [5.41, 5.74) is 0.618. The summed E-state index contributed by atoms with van der Waals surface area (Å²) in [7, 11) is 1.53. The monoisotopic (exact) mass is 230 g/mol. The maximum Gasteiger partial charge on any atom is 0.336 e. The van der Waals surface area contributed by atoms with Crippen LogP contribution in [0.2, 0.25) is 0 Å². The molecule has 86 valence electrons. The van der Waals surface area contributed by atoms with Crippen LogP contribution in [0.5, 0.6) is 5.75 Å². The van der Waals surface area contributed by atoms with E-state index in [9.17, 15) is 4.79 Å². The average molecular weight is 230 g/mol. The van der Waals surface area contributed by atoms with Gasteiger partial charge in [0.1, 0.15) is 5.76 Å². The van der Waals surface area contributed by atoms with Gasteiger partial charge in [0, 0.05) is 16.8 Å². The number of hydrogen-bond acceptors (Lipinski definition) is 4. The lowest BCUT2D eigenvalue weighted by Gasteiger charge is -2.04. The summed E-state index contributed by atoms with van der Waals surface area (Å²) in [6.45, 7) is 1.86. The molecule has 0 amide bonds. The number of ether oxygens (including phenoxy) is 1. The number of aryl methyl sites for hydroxylation is 1. The highest BCUT2D eigenvalue weighted by atomic mass is 16.5. The normalized spacial score (nSPS) is 11.2. The maximum absolute atomic E-state index is 11.2. The summed E-state index contributed by atoms with van der Waals surface area (Å²) in [6, 6.07) is 6.93. The van der Waals surface area contributed by atoms with E-state index in [2.05, 4.69) is 0 Å². The molecule has 2 heterocycles. The van der Waals surface area contributed by atoms with Gasteiger partial charge in [0.2, 0.25) is 5.75 Å². The molecule has 0 atom stereocenters. The highest BCUT2D eigenvalue weighted by Crippen LogP contribution is 2.35. The summed E-state index contributed by atoms with van der Waals surface area (Å²) in [6.07, 6.45) is 0. The van der Waals surface area contributed by atoms with Crippen LogP contribution in [0.1, 0.15) is 5.76 Å². The second kappa shape index (κ2) is 3.38. The van der Waals surface area contributed by atoms with Gasteiger partial charge in [-0.15, -0.1) is 0 Å². The van der Waals surface area contributed by atoms with Gasteiger partial charge in [0.25, 0.3) is 0 Å². The van der Waals surface area contributed by atoms with Crippen molar-refractivity contribution in [2.75, 3.05) is 7.11 Å². The Labute approximate surface area is 96.4 Å². The van der Waals surface area contributed by atoms with Crippen LogP contribution in [0.4, 0.5) is 0 Å². The van der Waals surface area contributed by atoms with E-state index in [0.717, 1.165) is 16.5 Å². The minimum absolute atomic E-state index is 0.404. The smallest absolute Gasteiger partial charge is 0.336 e. The van der Waals surface area contributed by atoms with Gasteiger partial charge in [-0.25, -0.2) is 4.79 Å². The molecule has 0 aliphatic carbocycles. The largest absolute Gasteiger partial charge is 0.490 e. The second-order valence-electron chi connectivity index (χ2n) is 3.86. The minimum Gasteiger partial charge on any atom is -0.490 e. The molecule has 3 aromatic rings. The lowest BCUT2D eigenvalue weighted by molar-refractivity contribution is 0.401. The number of fused-ring (bicyclic) bond motifs is 2. The van der Waals surface area contributed by atoms with E-state index >= 15 is 0 Å². The van der Waals surface area contributed by atoms with E-state index in [4.69, 9.17) is 13.6 Å². The Bertz CT molecular complexity index is 764. The Hall–Kier alpha value is -2.23. The van der Waals surface area contributed by atoms with E-state index < -0.39 is 5.63 Å². The highest BCUT2D eigenvalue weighted by Gasteiger charge is 2.14. The predicted octanol–water partition coefficient (Wildman–Crippen LogP) is 2.86. The first-order valence-electron chi connectivity index (χ1n) is 5.20. The number of hydrogen-bond donors (Lipinski definition) is 0. The molecule has 3 rings (SSSR count). The fraction of sp³-hybridized carbons (Fsp3) is 0.154. The predicted molar refractivity (Wildman–Crippen MR) is 63.5 cm³/mol. The Morgan fingerprint density at radius 3 is 2.59 bits per heavy atom. The third-order valence-electron chi connectivity index (χ3n) is 2.68. The van der Waals surface area contributed by atoms with Gasteiger partial charge in [-0.05, 0) is 25.1 Å². The summed E-state index contributed by atoms with van der Waals surface area (Å²) in [4.78, 5) is 11.2. The molecule has 0 bridgehead atoms. The zero-order valence-electron chi connectivity index (χ0n) is 9.44. The van der Waals surface area contributed by atoms with Crippen molar-refractivity contribution < 1.29 is 13.6 Å². The standard InChI is InChI=1S/C13H10O4/c1-7-5-9-6-8-3-4-10(14)17-11(8)13(15-2)12(9)16-7/h3-6H,1-2H3. The first-order chi connectivity index (χ1) is 8.19. The van der Waals surface area contributed by atoms with E-state index in [0.29, 0.717) is 16.9 Å². The average Bonchev–Trinajstić information content (AvgIpc) is 2.66. The lowest BCUT2D eigenvalue weighted by atomic mass is 10.1. The highest BCUT2D eigenvalue weighted by molar-refractivity contribution is 6.00. The molecule has 0 aliphatic heterocycles. The van der Waals surface area contributed by atoms with Gasteiger partial charge in [0.05, 0.1) is 7.11 Å². The van der Waals surface area contributed by atoms with E-state index in [-0.39, 0.29) is 0 Å². The van der Waals surface area contributed by atoms with Crippen LogP contribution in [0.15, 0.2) is 37.9 Å². The molecule has 17 heavy (non-hydrogen) atoms. The van der Waals surface area contributed by atoms with Crippen LogP contribution in [0, 0.1) is 6.92 Å². The Morgan fingerprint density at radius 2 is 1.82 bits per heavy atom. The molecule has 2 aromatic heterocycles. The van der Waals surface area contributed by atoms with Crippen molar-refractivity contribution >= 4 is 21.9 Å². The van der Waals surface area contributed by atoms with E-state index in [1.807, 2.05) is 19.1 Å². The van der Waals surface area contributed by atoms with Crippen LogP contribution in [-0.4, -0.2) is 7.11 Å². The quantitative estimate of drug-likeness (QED) is 0.603. The third kappa shape index (κ3) is 1.41. The molecule has 0 saturated heterocycles. The van der Waals surface area contributed by atoms with Gasteiger partial charge < -0.3 is 13.6 Å². The zero-order chi connectivity index (χ0) is 12.0. The van der Waals surface area contributed by atoms with Crippen molar-refractivity contribution in [2.45, 2.75) is 6.92 Å². The van der Waals surface area contributed by atoms with Gasteiger partial charge in [-0.2, -0.15) is 0 Å². The van der Waals surface area contributed by atoms with Gasteiger partial charge in [-0.1, -0.05) is 0 Å². The molecule has 1 aromatic carbocycles. The van der Waals surface area contributed by atoms with Crippen molar-refractivity contribution in [2.24, 2.45) is 0 Å². The molecule has 0 spiro atoms. The van der Waals surface area contributed by atoms with Gasteiger partial charge in [0.15, 0.2) is 11.2 Å². The molecule has 0 N–H and O–H groups in total. The molecule has 0 radical (unpaired) electrons. The van der Waals surface area contributed by atoms with Crippen LogP contribution in [0.3, 0.4) is 0 Å². The summed E-state index contributed by atoms with van der Waals surface area (Å²) in [5, 5.41) is 1.75. The van der Waals surface area contributed by atoms with E-state index in [1.54, 1.807) is 6.07 Å². The van der Waals surface area contributed by atoms with Crippen molar-refractivity contribution in [3.8, 4) is 5.75 Å². The van der Waals surface area contributed by atoms with Gasteiger partial charge >= 0.3 is 5.63 Å². The SMILES string of the molecule is COc1c2oc(C)cc2cc2ccc(=O)oc12. The topological polar surface area (TPSA) is 52.6 Å². The number of rotatable bonds is 1. The van der Waals surface area contributed by atoms with Crippen LogP contribution < -0.4 is 10.4 Å². The molecule has 4 nitrogen and oxygen atoms in total. The first kappa shape index (κ1) is 9.96.